The fourth-order valence-electron chi connectivity index (χ4n) is 1.10. The van der Waals surface area contributed by atoms with Crippen molar-refractivity contribution in [1.82, 2.24) is 4.89 Å². The van der Waals surface area contributed by atoms with Gasteiger partial charge in [-0.3, -0.25) is 0 Å². The van der Waals surface area contributed by atoms with Gasteiger partial charge in [0.25, 0.3) is 10.0 Å². The van der Waals surface area contributed by atoms with Gasteiger partial charge in [-0.05, 0) is 30.7 Å². The molecular formula is C8H9NO5S. The van der Waals surface area contributed by atoms with E-state index in [1.165, 1.54) is 19.1 Å². The van der Waals surface area contributed by atoms with Gasteiger partial charge < -0.3 is 10.3 Å². The van der Waals surface area contributed by atoms with Gasteiger partial charge in [-0.2, -0.15) is 0 Å². The van der Waals surface area contributed by atoms with Crippen molar-refractivity contribution >= 4 is 16.0 Å². The quantitative estimate of drug-likeness (QED) is 0.651. The number of nitrogens with one attached hydrogen (secondary N) is 1. The average Bonchev–Trinajstić information content (AvgIpc) is 2.17. The summed E-state index contributed by atoms with van der Waals surface area (Å²) in [4.78, 5) is 11.6. The second kappa shape index (κ2) is 3.97. The minimum atomic E-state index is -3.95. The molecule has 1 aromatic carbocycles. The molecule has 0 saturated carbocycles. The molecular weight excluding hydrogens is 222 g/mol. The molecule has 0 radical (unpaired) electrons. The number of carboxylic acids is 1. The van der Waals surface area contributed by atoms with Crippen molar-refractivity contribution in [2.75, 3.05) is 0 Å². The van der Waals surface area contributed by atoms with Crippen molar-refractivity contribution in [2.45, 2.75) is 11.8 Å². The number of aryl methyl sites for hydroxylation is 1. The Morgan fingerprint density at radius 2 is 2.00 bits per heavy atom. The Morgan fingerprint density at radius 3 is 2.40 bits per heavy atom. The summed E-state index contributed by atoms with van der Waals surface area (Å²) in [5, 5.41) is 17.1. The number of aromatic carboxylic acids is 1. The van der Waals surface area contributed by atoms with Crippen LogP contribution in [0.2, 0.25) is 0 Å². The van der Waals surface area contributed by atoms with Crippen LogP contribution in [0.4, 0.5) is 0 Å². The second-order valence-electron chi connectivity index (χ2n) is 2.88. The van der Waals surface area contributed by atoms with Crippen LogP contribution in [0, 0.1) is 6.92 Å². The molecule has 0 spiro atoms. The highest BCUT2D eigenvalue weighted by molar-refractivity contribution is 7.89. The molecule has 0 aliphatic rings. The molecule has 0 aliphatic heterocycles. The molecule has 0 fully saturated rings. The van der Waals surface area contributed by atoms with Crippen molar-refractivity contribution in [3.63, 3.8) is 0 Å². The maximum Gasteiger partial charge on any atom is 0.335 e. The van der Waals surface area contributed by atoms with E-state index in [1.54, 1.807) is 0 Å². The molecule has 82 valence electrons. The molecule has 0 bridgehead atoms. The third kappa shape index (κ3) is 2.32. The first-order valence-electron chi connectivity index (χ1n) is 3.88. The van der Waals surface area contributed by atoms with E-state index < -0.39 is 16.0 Å². The van der Waals surface area contributed by atoms with Crippen LogP contribution in [-0.2, 0) is 10.0 Å². The molecule has 0 atom stereocenters. The molecule has 0 aliphatic carbocycles. The normalized spacial score (nSPS) is 11.3. The van der Waals surface area contributed by atoms with Crippen molar-refractivity contribution in [3.8, 4) is 0 Å². The monoisotopic (exact) mass is 231 g/mol. The highest BCUT2D eigenvalue weighted by Crippen LogP contribution is 2.14. The maximum absolute atomic E-state index is 11.1. The summed E-state index contributed by atoms with van der Waals surface area (Å²) >= 11 is 0. The van der Waals surface area contributed by atoms with Crippen LogP contribution in [0.5, 0.6) is 0 Å². The summed E-state index contributed by atoms with van der Waals surface area (Å²) in [5.74, 6) is -1.13. The van der Waals surface area contributed by atoms with Gasteiger partial charge in [0.2, 0.25) is 0 Å². The van der Waals surface area contributed by atoms with E-state index in [0.717, 1.165) is 11.0 Å². The van der Waals surface area contributed by atoms with E-state index in [1.807, 2.05) is 0 Å². The van der Waals surface area contributed by atoms with Gasteiger partial charge in [-0.25, -0.2) is 13.2 Å². The fourth-order valence-corrected chi connectivity index (χ4v) is 1.78. The van der Waals surface area contributed by atoms with Gasteiger partial charge in [-0.1, -0.05) is 4.89 Å². The lowest BCUT2D eigenvalue weighted by Crippen LogP contribution is -2.19. The van der Waals surface area contributed by atoms with Gasteiger partial charge in [0.05, 0.1) is 10.5 Å². The molecule has 1 aromatic rings. The highest BCUT2D eigenvalue weighted by atomic mass is 32.2. The lowest BCUT2D eigenvalue weighted by Gasteiger charge is -2.04. The first-order chi connectivity index (χ1) is 6.88. The molecule has 7 heteroatoms. The molecule has 0 heterocycles. The predicted molar refractivity (Wildman–Crippen MR) is 50.2 cm³/mol. The summed E-state index contributed by atoms with van der Waals surface area (Å²) in [5.41, 5.74) is 0.325. The molecule has 15 heavy (non-hydrogen) atoms. The number of benzene rings is 1. The lowest BCUT2D eigenvalue weighted by molar-refractivity contribution is 0.0696. The van der Waals surface area contributed by atoms with Gasteiger partial charge >= 0.3 is 5.97 Å². The standard InChI is InChI=1S/C8H9NO5S/c1-5-4-6(15(13,14)9-12)2-3-7(5)8(10)11/h2-4,9,12H,1H3,(H,10,11). The summed E-state index contributed by atoms with van der Waals surface area (Å²) in [7, 11) is -3.95. The van der Waals surface area contributed by atoms with Crippen molar-refractivity contribution in [3.05, 3.63) is 29.3 Å². The van der Waals surface area contributed by atoms with Crippen LogP contribution >= 0.6 is 0 Å². The van der Waals surface area contributed by atoms with Gasteiger partial charge in [0, 0.05) is 0 Å². The zero-order valence-electron chi connectivity index (χ0n) is 7.76. The van der Waals surface area contributed by atoms with Crippen LogP contribution in [-0.4, -0.2) is 24.7 Å². The first-order valence-corrected chi connectivity index (χ1v) is 5.36. The molecule has 0 amide bonds. The van der Waals surface area contributed by atoms with Crippen LogP contribution in [0.25, 0.3) is 0 Å². The Morgan fingerprint density at radius 1 is 1.40 bits per heavy atom. The minimum Gasteiger partial charge on any atom is -0.478 e. The van der Waals surface area contributed by atoms with Crippen molar-refractivity contribution < 1.29 is 23.5 Å². The SMILES string of the molecule is Cc1cc(S(=O)(=O)NO)ccc1C(=O)O. The zero-order chi connectivity index (χ0) is 11.6. The molecule has 1 rings (SSSR count). The lowest BCUT2D eigenvalue weighted by atomic mass is 10.1. The third-order valence-electron chi connectivity index (χ3n) is 1.86. The summed E-state index contributed by atoms with van der Waals surface area (Å²) in [6.07, 6.45) is 0. The van der Waals surface area contributed by atoms with E-state index in [0.29, 0.717) is 5.56 Å². The summed E-state index contributed by atoms with van der Waals surface area (Å²) in [6.45, 7) is 1.47. The van der Waals surface area contributed by atoms with Gasteiger partial charge in [0.1, 0.15) is 0 Å². The summed E-state index contributed by atoms with van der Waals surface area (Å²) in [6, 6.07) is 3.44. The van der Waals surface area contributed by atoms with Crippen LogP contribution in [0.15, 0.2) is 23.1 Å². The number of carbonyl (C=O) groups is 1. The van der Waals surface area contributed by atoms with Crippen molar-refractivity contribution in [2.24, 2.45) is 0 Å². The third-order valence-corrected chi connectivity index (χ3v) is 2.97. The molecule has 0 unspecified atom stereocenters. The Balaban J connectivity index is 3.30. The first kappa shape index (κ1) is 11.6. The van der Waals surface area contributed by atoms with Gasteiger partial charge in [0.15, 0.2) is 0 Å². The Labute approximate surface area is 86.2 Å². The van der Waals surface area contributed by atoms with E-state index in [4.69, 9.17) is 10.3 Å². The van der Waals surface area contributed by atoms with E-state index in [9.17, 15) is 13.2 Å². The number of carboxylic acid groups (broad SMARTS) is 1. The second-order valence-corrected chi connectivity index (χ2v) is 4.54. The largest absolute Gasteiger partial charge is 0.478 e. The Kier molecular flexibility index (Phi) is 3.08. The highest BCUT2D eigenvalue weighted by Gasteiger charge is 2.15. The smallest absolute Gasteiger partial charge is 0.335 e. The van der Waals surface area contributed by atoms with E-state index in [2.05, 4.69) is 0 Å². The minimum absolute atomic E-state index is 0.0203. The number of sulfonamides is 1. The van der Waals surface area contributed by atoms with Gasteiger partial charge in [-0.15, -0.1) is 0 Å². The van der Waals surface area contributed by atoms with Crippen LogP contribution < -0.4 is 4.89 Å². The Bertz CT molecular complexity index is 494. The molecule has 0 saturated heterocycles. The Hall–Kier alpha value is -1.44. The number of hydrogen-bond donors (Lipinski definition) is 3. The number of rotatable bonds is 3. The zero-order valence-corrected chi connectivity index (χ0v) is 8.58. The van der Waals surface area contributed by atoms with E-state index in [-0.39, 0.29) is 10.5 Å². The average molecular weight is 231 g/mol. The topological polar surface area (TPSA) is 104 Å². The predicted octanol–water partition coefficient (Wildman–Crippen LogP) is 0.361. The fraction of sp³-hybridized carbons (Fsp3) is 0.125. The van der Waals surface area contributed by atoms with E-state index >= 15 is 0 Å². The molecule has 0 aromatic heterocycles. The van der Waals surface area contributed by atoms with Crippen LogP contribution in [0.3, 0.4) is 0 Å². The molecule has 6 nitrogen and oxygen atoms in total. The summed E-state index contributed by atoms with van der Waals surface area (Å²) < 4.78 is 22.3. The number of hydrogen-bond acceptors (Lipinski definition) is 4. The molecule has 3 N–H and O–H groups in total. The maximum atomic E-state index is 11.1. The van der Waals surface area contributed by atoms with Crippen LogP contribution in [0.1, 0.15) is 15.9 Å². The van der Waals surface area contributed by atoms with Crippen molar-refractivity contribution in [1.29, 1.82) is 0 Å².